The van der Waals surface area contributed by atoms with Gasteiger partial charge in [-0.25, -0.2) is 0 Å². The third-order valence-electron chi connectivity index (χ3n) is 4.78. The van der Waals surface area contributed by atoms with Gasteiger partial charge in [-0.2, -0.15) is 0 Å². The zero-order valence-electron chi connectivity index (χ0n) is 13.8. The fraction of sp³-hybridized carbons (Fsp3) is 0.667. The van der Waals surface area contributed by atoms with Gasteiger partial charge >= 0.3 is 0 Å². The molecule has 0 aliphatic heterocycles. The highest BCUT2D eigenvalue weighted by Gasteiger charge is 2.28. The highest BCUT2D eigenvalue weighted by atomic mass is 16.5. The summed E-state index contributed by atoms with van der Waals surface area (Å²) in [5.41, 5.74) is 1.14. The molecule has 1 aromatic carbocycles. The van der Waals surface area contributed by atoms with E-state index in [1.54, 1.807) is 7.11 Å². The van der Waals surface area contributed by atoms with Crippen LogP contribution in [0.5, 0.6) is 5.75 Å². The molecule has 1 fully saturated rings. The third-order valence-corrected chi connectivity index (χ3v) is 4.78. The first-order valence-corrected chi connectivity index (χ1v) is 8.08. The van der Waals surface area contributed by atoms with Crippen LogP contribution in [0.1, 0.15) is 44.8 Å². The SMILES string of the molecule is CNCC(OC1CCC(C)C(C)C1)c1ccccc1OC. The van der Waals surface area contributed by atoms with Crippen molar-refractivity contribution in [1.29, 1.82) is 0 Å². The van der Waals surface area contributed by atoms with Crippen molar-refractivity contribution in [2.24, 2.45) is 11.8 Å². The van der Waals surface area contributed by atoms with Crippen LogP contribution in [0.3, 0.4) is 0 Å². The largest absolute Gasteiger partial charge is 0.496 e. The van der Waals surface area contributed by atoms with E-state index in [-0.39, 0.29) is 6.10 Å². The Morgan fingerprint density at radius 1 is 1.19 bits per heavy atom. The van der Waals surface area contributed by atoms with Crippen LogP contribution in [0.2, 0.25) is 0 Å². The minimum Gasteiger partial charge on any atom is -0.496 e. The van der Waals surface area contributed by atoms with Gasteiger partial charge in [-0.05, 0) is 44.2 Å². The summed E-state index contributed by atoms with van der Waals surface area (Å²) in [7, 11) is 3.69. The van der Waals surface area contributed by atoms with Crippen molar-refractivity contribution in [2.45, 2.75) is 45.3 Å². The van der Waals surface area contributed by atoms with Gasteiger partial charge < -0.3 is 14.8 Å². The number of hydrogen-bond donors (Lipinski definition) is 1. The maximum absolute atomic E-state index is 6.44. The molecule has 0 saturated heterocycles. The molecule has 1 N–H and O–H groups in total. The number of para-hydroxylation sites is 1. The molecule has 1 saturated carbocycles. The Bertz CT molecular complexity index is 435. The number of rotatable bonds is 6. The van der Waals surface area contributed by atoms with E-state index in [0.29, 0.717) is 6.10 Å². The van der Waals surface area contributed by atoms with Gasteiger partial charge in [-0.1, -0.05) is 32.0 Å². The van der Waals surface area contributed by atoms with E-state index in [2.05, 4.69) is 31.3 Å². The molecule has 3 heteroatoms. The molecule has 1 aliphatic rings. The quantitative estimate of drug-likeness (QED) is 0.865. The molecule has 1 aliphatic carbocycles. The van der Waals surface area contributed by atoms with Crippen LogP contribution in [0.15, 0.2) is 24.3 Å². The lowest BCUT2D eigenvalue weighted by molar-refractivity contribution is -0.0481. The highest BCUT2D eigenvalue weighted by molar-refractivity contribution is 5.35. The van der Waals surface area contributed by atoms with Crippen LogP contribution in [0.4, 0.5) is 0 Å². The minimum atomic E-state index is 0.0526. The summed E-state index contributed by atoms with van der Waals surface area (Å²) in [4.78, 5) is 0. The van der Waals surface area contributed by atoms with Gasteiger partial charge in [0.2, 0.25) is 0 Å². The molecular weight excluding hydrogens is 262 g/mol. The Hall–Kier alpha value is -1.06. The van der Waals surface area contributed by atoms with E-state index in [9.17, 15) is 0 Å². The molecule has 0 spiro atoms. The lowest BCUT2D eigenvalue weighted by Gasteiger charge is -2.34. The van der Waals surface area contributed by atoms with Gasteiger partial charge in [0.1, 0.15) is 5.75 Å². The van der Waals surface area contributed by atoms with E-state index in [1.165, 1.54) is 12.8 Å². The van der Waals surface area contributed by atoms with Crippen LogP contribution in [-0.4, -0.2) is 26.8 Å². The lowest BCUT2D eigenvalue weighted by Crippen LogP contribution is -2.31. The van der Waals surface area contributed by atoms with E-state index < -0.39 is 0 Å². The Morgan fingerprint density at radius 2 is 1.95 bits per heavy atom. The maximum atomic E-state index is 6.44. The smallest absolute Gasteiger partial charge is 0.124 e. The molecule has 1 aromatic rings. The maximum Gasteiger partial charge on any atom is 0.124 e. The molecule has 0 radical (unpaired) electrons. The number of benzene rings is 1. The number of likely N-dealkylation sites (N-methyl/N-ethyl adjacent to an activating group) is 1. The van der Waals surface area contributed by atoms with Crippen molar-refractivity contribution in [3.63, 3.8) is 0 Å². The Kier molecular flexibility index (Phi) is 6.07. The first-order chi connectivity index (χ1) is 10.2. The molecule has 21 heavy (non-hydrogen) atoms. The zero-order chi connectivity index (χ0) is 15.2. The predicted molar refractivity (Wildman–Crippen MR) is 86.7 cm³/mol. The third kappa shape index (κ3) is 4.21. The summed E-state index contributed by atoms with van der Waals surface area (Å²) in [6.45, 7) is 5.50. The fourth-order valence-electron chi connectivity index (χ4n) is 3.20. The molecule has 4 atom stereocenters. The van der Waals surface area contributed by atoms with Crippen LogP contribution in [0.25, 0.3) is 0 Å². The topological polar surface area (TPSA) is 30.5 Å². The number of ether oxygens (including phenoxy) is 2. The molecule has 0 heterocycles. The summed E-state index contributed by atoms with van der Waals surface area (Å²) < 4.78 is 11.9. The molecule has 4 unspecified atom stereocenters. The summed E-state index contributed by atoms with van der Waals surface area (Å²) >= 11 is 0. The van der Waals surface area contributed by atoms with Crippen molar-refractivity contribution in [2.75, 3.05) is 20.7 Å². The van der Waals surface area contributed by atoms with Crippen LogP contribution >= 0.6 is 0 Å². The second-order valence-corrected chi connectivity index (χ2v) is 6.31. The van der Waals surface area contributed by atoms with Gasteiger partial charge in [0.15, 0.2) is 0 Å². The minimum absolute atomic E-state index is 0.0526. The summed E-state index contributed by atoms with van der Waals surface area (Å²) in [6, 6.07) is 8.17. The summed E-state index contributed by atoms with van der Waals surface area (Å²) in [5.74, 6) is 2.48. The van der Waals surface area contributed by atoms with E-state index in [0.717, 1.165) is 36.1 Å². The summed E-state index contributed by atoms with van der Waals surface area (Å²) in [6.07, 6.45) is 4.01. The van der Waals surface area contributed by atoms with Crippen LogP contribution in [-0.2, 0) is 4.74 Å². The van der Waals surface area contributed by atoms with Gasteiger partial charge in [-0.3, -0.25) is 0 Å². The molecule has 2 rings (SSSR count). The van der Waals surface area contributed by atoms with Crippen molar-refractivity contribution in [1.82, 2.24) is 5.32 Å². The second kappa shape index (κ2) is 7.81. The van der Waals surface area contributed by atoms with Crippen molar-refractivity contribution in [3.8, 4) is 5.75 Å². The van der Waals surface area contributed by atoms with Crippen molar-refractivity contribution < 1.29 is 9.47 Å². The number of methoxy groups -OCH3 is 1. The Balaban J connectivity index is 2.08. The molecule has 3 nitrogen and oxygen atoms in total. The van der Waals surface area contributed by atoms with E-state index >= 15 is 0 Å². The van der Waals surface area contributed by atoms with Crippen molar-refractivity contribution in [3.05, 3.63) is 29.8 Å². The monoisotopic (exact) mass is 291 g/mol. The van der Waals surface area contributed by atoms with E-state index in [4.69, 9.17) is 9.47 Å². The average molecular weight is 291 g/mol. The molecule has 0 bridgehead atoms. The average Bonchev–Trinajstić information content (AvgIpc) is 2.50. The Labute approximate surface area is 129 Å². The van der Waals surface area contributed by atoms with Crippen LogP contribution < -0.4 is 10.1 Å². The summed E-state index contributed by atoms with van der Waals surface area (Å²) in [5, 5.41) is 3.25. The van der Waals surface area contributed by atoms with Crippen LogP contribution in [0, 0.1) is 11.8 Å². The molecule has 0 amide bonds. The lowest BCUT2D eigenvalue weighted by atomic mass is 9.80. The van der Waals surface area contributed by atoms with Gasteiger partial charge in [-0.15, -0.1) is 0 Å². The first kappa shape index (κ1) is 16.3. The number of nitrogens with one attached hydrogen (secondary N) is 1. The standard InChI is InChI=1S/C18H29NO2/c1-13-9-10-15(11-14(13)2)21-18(12-19-3)16-7-5-6-8-17(16)20-4/h5-8,13-15,18-19H,9-12H2,1-4H3. The molecule has 0 aromatic heterocycles. The van der Waals surface area contributed by atoms with E-state index in [1.807, 2.05) is 19.2 Å². The Morgan fingerprint density at radius 3 is 2.62 bits per heavy atom. The predicted octanol–water partition coefficient (Wildman–Crippen LogP) is 3.80. The first-order valence-electron chi connectivity index (χ1n) is 8.08. The number of hydrogen-bond acceptors (Lipinski definition) is 3. The molecule has 118 valence electrons. The molecular formula is C18H29NO2. The van der Waals surface area contributed by atoms with Gasteiger partial charge in [0.05, 0.1) is 19.3 Å². The fourth-order valence-corrected chi connectivity index (χ4v) is 3.20. The van der Waals surface area contributed by atoms with Gasteiger partial charge in [0.25, 0.3) is 0 Å². The zero-order valence-corrected chi connectivity index (χ0v) is 13.8. The van der Waals surface area contributed by atoms with Crippen molar-refractivity contribution >= 4 is 0 Å². The second-order valence-electron chi connectivity index (χ2n) is 6.31. The van der Waals surface area contributed by atoms with Gasteiger partial charge in [0, 0.05) is 12.1 Å². The normalized spacial score (nSPS) is 27.3. The highest BCUT2D eigenvalue weighted by Crippen LogP contribution is 2.35.